The van der Waals surface area contributed by atoms with Gasteiger partial charge in [0.15, 0.2) is 10.9 Å². The van der Waals surface area contributed by atoms with Crippen LogP contribution in [-0.4, -0.2) is 20.2 Å². The molecule has 0 saturated heterocycles. The van der Waals surface area contributed by atoms with Gasteiger partial charge in [0, 0.05) is 6.07 Å². The van der Waals surface area contributed by atoms with E-state index in [-0.39, 0.29) is 11.4 Å². The van der Waals surface area contributed by atoms with Crippen molar-refractivity contribution in [1.82, 2.24) is 15.1 Å². The zero-order chi connectivity index (χ0) is 15.5. The number of hydrogen-bond donors (Lipinski definition) is 2. The lowest BCUT2D eigenvalue weighted by Crippen LogP contribution is -2.14. The van der Waals surface area contributed by atoms with Crippen LogP contribution in [0, 0.1) is 11.3 Å². The van der Waals surface area contributed by atoms with E-state index in [1.54, 1.807) is 6.07 Å². The Labute approximate surface area is 132 Å². The lowest BCUT2D eigenvalue weighted by molar-refractivity contribution is 0.347. The Morgan fingerprint density at radius 3 is 3.05 bits per heavy atom. The Morgan fingerprint density at radius 1 is 1.55 bits per heavy atom. The van der Waals surface area contributed by atoms with E-state index in [9.17, 15) is 4.79 Å². The van der Waals surface area contributed by atoms with Crippen LogP contribution in [0.5, 0.6) is 5.88 Å². The summed E-state index contributed by atoms with van der Waals surface area (Å²) in [5.74, 6) is 0.593. The quantitative estimate of drug-likeness (QED) is 0.556. The van der Waals surface area contributed by atoms with E-state index < -0.39 is 5.56 Å². The molecule has 0 unspecified atom stereocenters. The van der Waals surface area contributed by atoms with Crippen LogP contribution in [0.2, 0.25) is 0 Å². The van der Waals surface area contributed by atoms with Gasteiger partial charge in [-0.1, -0.05) is 17.8 Å². The first kappa shape index (κ1) is 14.4. The predicted octanol–water partition coefficient (Wildman–Crippen LogP) is 2.36. The second-order valence-electron chi connectivity index (χ2n) is 4.12. The molecule has 9 heteroatoms. The van der Waals surface area contributed by atoms with Gasteiger partial charge in [-0.05, 0) is 16.6 Å². The molecule has 0 aliphatic rings. The number of nitrogens with zero attached hydrogens (tertiary/aromatic N) is 3. The zero-order valence-electron chi connectivity index (χ0n) is 10.9. The first-order valence-corrected chi connectivity index (χ1v) is 7.89. The molecule has 22 heavy (non-hydrogen) atoms. The van der Waals surface area contributed by atoms with Crippen molar-refractivity contribution in [2.45, 2.75) is 10.9 Å². The van der Waals surface area contributed by atoms with Crippen molar-refractivity contribution in [3.8, 4) is 22.5 Å². The van der Waals surface area contributed by atoms with Gasteiger partial charge in [0.25, 0.3) is 11.4 Å². The van der Waals surface area contributed by atoms with Crippen LogP contribution in [0.3, 0.4) is 0 Å². The maximum absolute atomic E-state index is 12.0. The van der Waals surface area contributed by atoms with Gasteiger partial charge in [-0.2, -0.15) is 5.26 Å². The number of nitriles is 1. The van der Waals surface area contributed by atoms with Crippen LogP contribution >= 0.6 is 23.1 Å². The maximum Gasteiger partial charge on any atom is 0.270 e. The number of aromatic amines is 1. The minimum atomic E-state index is -0.483. The molecule has 0 amide bonds. The predicted molar refractivity (Wildman–Crippen MR) is 80.6 cm³/mol. The lowest BCUT2D eigenvalue weighted by Gasteiger charge is -2.03. The standard InChI is InChI=1S/C13H8N4O3S2/c14-5-8-11(9-2-1-3-21-9)15-13(16-12(8)19)22-6-7-4-10(18)17-20-7/h1-4H,6H2,(H,17,18)(H,15,16,19). The number of rotatable bonds is 4. The summed E-state index contributed by atoms with van der Waals surface area (Å²) in [5.41, 5.74) is -0.128. The zero-order valence-corrected chi connectivity index (χ0v) is 12.6. The van der Waals surface area contributed by atoms with Crippen molar-refractivity contribution in [3.63, 3.8) is 0 Å². The highest BCUT2D eigenvalue weighted by Crippen LogP contribution is 2.27. The largest absolute Gasteiger partial charge is 0.491 e. The number of aromatic hydroxyl groups is 1. The molecule has 0 spiro atoms. The Balaban J connectivity index is 1.93. The van der Waals surface area contributed by atoms with Crippen LogP contribution in [0.4, 0.5) is 0 Å². The Morgan fingerprint density at radius 2 is 2.41 bits per heavy atom. The van der Waals surface area contributed by atoms with Gasteiger partial charge in [0.2, 0.25) is 0 Å². The van der Waals surface area contributed by atoms with Crippen molar-refractivity contribution in [2.75, 3.05) is 0 Å². The molecule has 2 N–H and O–H groups in total. The fraction of sp³-hybridized carbons (Fsp3) is 0.0769. The third-order valence-corrected chi connectivity index (χ3v) is 4.43. The van der Waals surface area contributed by atoms with Gasteiger partial charge in [-0.3, -0.25) is 4.79 Å². The Hall–Kier alpha value is -2.57. The van der Waals surface area contributed by atoms with E-state index in [4.69, 9.17) is 14.9 Å². The molecule has 0 aliphatic heterocycles. The van der Waals surface area contributed by atoms with Crippen LogP contribution in [0.25, 0.3) is 10.6 Å². The first-order valence-electron chi connectivity index (χ1n) is 6.03. The molecule has 3 aromatic rings. The highest BCUT2D eigenvalue weighted by Gasteiger charge is 2.15. The average molecular weight is 332 g/mol. The van der Waals surface area contributed by atoms with E-state index in [2.05, 4.69) is 15.1 Å². The minimum absolute atomic E-state index is 0.0101. The Kier molecular flexibility index (Phi) is 3.95. The van der Waals surface area contributed by atoms with Gasteiger partial charge < -0.3 is 14.6 Å². The smallest absolute Gasteiger partial charge is 0.270 e. The molecule has 0 fully saturated rings. The normalized spacial score (nSPS) is 10.5. The molecule has 110 valence electrons. The van der Waals surface area contributed by atoms with Crippen molar-refractivity contribution >= 4 is 23.1 Å². The van der Waals surface area contributed by atoms with Crippen molar-refractivity contribution < 1.29 is 9.63 Å². The van der Waals surface area contributed by atoms with Gasteiger partial charge in [0.05, 0.1) is 10.6 Å². The van der Waals surface area contributed by atoms with E-state index in [0.29, 0.717) is 22.4 Å². The monoisotopic (exact) mass is 332 g/mol. The summed E-state index contributed by atoms with van der Waals surface area (Å²) in [6.45, 7) is 0. The van der Waals surface area contributed by atoms with Gasteiger partial charge in [-0.25, -0.2) is 4.98 Å². The summed E-state index contributed by atoms with van der Waals surface area (Å²) >= 11 is 2.62. The third kappa shape index (κ3) is 2.88. The summed E-state index contributed by atoms with van der Waals surface area (Å²) < 4.78 is 4.87. The van der Waals surface area contributed by atoms with E-state index >= 15 is 0 Å². The molecular weight excluding hydrogens is 324 g/mol. The first-order chi connectivity index (χ1) is 10.7. The second kappa shape index (κ2) is 6.05. The van der Waals surface area contributed by atoms with Crippen molar-refractivity contribution in [3.05, 3.63) is 45.3 Å². The molecule has 0 bridgehead atoms. The highest BCUT2D eigenvalue weighted by atomic mass is 32.2. The molecule has 0 radical (unpaired) electrons. The van der Waals surface area contributed by atoms with Gasteiger partial charge in [0.1, 0.15) is 17.3 Å². The number of H-pyrrole nitrogens is 1. The summed E-state index contributed by atoms with van der Waals surface area (Å²) in [5, 5.41) is 23.8. The molecule has 0 atom stereocenters. The van der Waals surface area contributed by atoms with Crippen molar-refractivity contribution in [1.29, 1.82) is 5.26 Å². The molecule has 3 aromatic heterocycles. The average Bonchev–Trinajstić information content (AvgIpc) is 3.16. The molecular formula is C13H8N4O3S2. The van der Waals surface area contributed by atoms with Crippen LogP contribution in [0.1, 0.15) is 11.3 Å². The van der Waals surface area contributed by atoms with Crippen molar-refractivity contribution in [2.24, 2.45) is 0 Å². The minimum Gasteiger partial charge on any atom is -0.491 e. The third-order valence-electron chi connectivity index (χ3n) is 2.66. The molecule has 0 aliphatic carbocycles. The molecule has 0 aromatic carbocycles. The summed E-state index contributed by atoms with van der Waals surface area (Å²) in [6, 6.07) is 6.90. The van der Waals surface area contributed by atoms with Gasteiger partial charge >= 0.3 is 0 Å². The van der Waals surface area contributed by atoms with Crippen LogP contribution in [0.15, 0.2) is 38.1 Å². The lowest BCUT2D eigenvalue weighted by atomic mass is 10.2. The van der Waals surface area contributed by atoms with Crippen LogP contribution < -0.4 is 5.56 Å². The fourth-order valence-corrected chi connectivity index (χ4v) is 3.18. The summed E-state index contributed by atoms with van der Waals surface area (Å²) in [6.07, 6.45) is 0. The number of aromatic nitrogens is 3. The number of thioether (sulfide) groups is 1. The molecule has 3 heterocycles. The van der Waals surface area contributed by atoms with E-state index in [0.717, 1.165) is 4.88 Å². The SMILES string of the molecule is N#Cc1c(-c2cccs2)nc(SCc2cc(O)no2)[nH]c1=O. The maximum atomic E-state index is 12.0. The summed E-state index contributed by atoms with van der Waals surface area (Å²) in [7, 11) is 0. The fourth-order valence-electron chi connectivity index (χ4n) is 1.73. The summed E-state index contributed by atoms with van der Waals surface area (Å²) in [4.78, 5) is 19.7. The molecule has 7 nitrogen and oxygen atoms in total. The number of nitrogens with one attached hydrogen (secondary N) is 1. The molecule has 0 saturated carbocycles. The highest BCUT2D eigenvalue weighted by molar-refractivity contribution is 7.98. The second-order valence-corrected chi connectivity index (χ2v) is 6.04. The molecule has 3 rings (SSSR count). The topological polar surface area (TPSA) is 116 Å². The van der Waals surface area contributed by atoms with Gasteiger partial charge in [-0.15, -0.1) is 11.3 Å². The Bertz CT molecular complexity index is 893. The van der Waals surface area contributed by atoms with Crippen LogP contribution in [-0.2, 0) is 5.75 Å². The van der Waals surface area contributed by atoms with E-state index in [1.165, 1.54) is 29.2 Å². The number of thiophene rings is 1. The van der Waals surface area contributed by atoms with E-state index in [1.807, 2.05) is 17.5 Å². The number of hydrogen-bond acceptors (Lipinski definition) is 8.